The Morgan fingerprint density at radius 3 is 2.39 bits per heavy atom. The van der Waals surface area contributed by atoms with Crippen LogP contribution in [0.2, 0.25) is 5.02 Å². The number of pyridine rings is 1. The minimum absolute atomic E-state index is 0.508. The number of benzene rings is 1. The summed E-state index contributed by atoms with van der Waals surface area (Å²) in [5, 5.41) is 3.70. The van der Waals surface area contributed by atoms with E-state index in [4.69, 9.17) is 17.3 Å². The van der Waals surface area contributed by atoms with E-state index in [1.54, 1.807) is 12.3 Å². The second kappa shape index (κ2) is 5.16. The predicted molar refractivity (Wildman–Crippen MR) is 80.6 cm³/mol. The molecule has 0 saturated carbocycles. The van der Waals surface area contributed by atoms with Gasteiger partial charge in [0.05, 0.1) is 16.9 Å². The topological polar surface area (TPSA) is 50.9 Å². The third-order valence-electron chi connectivity index (χ3n) is 2.56. The minimum atomic E-state index is 0.508. The lowest BCUT2D eigenvalue weighted by Crippen LogP contribution is -1.97. The number of anilines is 3. The van der Waals surface area contributed by atoms with Crippen LogP contribution in [-0.2, 0) is 0 Å². The molecule has 1 aromatic heterocycles. The standard InChI is InChI=1S/C13H13BrClN3/c1-7-3-10(4-8(2)12(7)14)18-13-11(15)5-9(16)6-17-13/h3-6H,16H2,1-2H3,(H,17,18). The number of nitrogen functional groups attached to an aromatic ring is 1. The van der Waals surface area contributed by atoms with Gasteiger partial charge in [-0.15, -0.1) is 0 Å². The molecular formula is C13H13BrClN3. The Hall–Kier alpha value is -1.26. The molecule has 0 radical (unpaired) electrons. The summed E-state index contributed by atoms with van der Waals surface area (Å²) in [6, 6.07) is 5.74. The number of nitrogens with two attached hydrogens (primary N) is 1. The van der Waals surface area contributed by atoms with Crippen molar-refractivity contribution in [2.24, 2.45) is 0 Å². The van der Waals surface area contributed by atoms with Gasteiger partial charge in [-0.3, -0.25) is 0 Å². The van der Waals surface area contributed by atoms with Crippen molar-refractivity contribution in [2.75, 3.05) is 11.1 Å². The highest BCUT2D eigenvalue weighted by atomic mass is 79.9. The molecule has 0 fully saturated rings. The van der Waals surface area contributed by atoms with E-state index in [0.717, 1.165) is 21.3 Å². The first kappa shape index (κ1) is 13.2. The second-order valence-corrected chi connectivity index (χ2v) is 5.35. The Morgan fingerprint density at radius 1 is 1.22 bits per heavy atom. The fourth-order valence-electron chi connectivity index (χ4n) is 1.70. The number of nitrogens with one attached hydrogen (secondary N) is 1. The molecule has 0 unspecified atom stereocenters. The molecule has 0 spiro atoms. The Kier molecular flexibility index (Phi) is 3.78. The molecule has 0 amide bonds. The fourth-order valence-corrected chi connectivity index (χ4v) is 2.15. The molecule has 18 heavy (non-hydrogen) atoms. The zero-order valence-electron chi connectivity index (χ0n) is 10.1. The Balaban J connectivity index is 2.34. The number of nitrogens with zero attached hydrogens (tertiary/aromatic N) is 1. The van der Waals surface area contributed by atoms with Crippen LogP contribution >= 0.6 is 27.5 Å². The van der Waals surface area contributed by atoms with Gasteiger partial charge in [-0.1, -0.05) is 27.5 Å². The minimum Gasteiger partial charge on any atom is -0.397 e. The first-order valence-corrected chi connectivity index (χ1v) is 6.59. The molecule has 0 aliphatic carbocycles. The molecule has 0 atom stereocenters. The average Bonchev–Trinajstić information content (AvgIpc) is 2.29. The Morgan fingerprint density at radius 2 is 1.83 bits per heavy atom. The number of rotatable bonds is 2. The SMILES string of the molecule is Cc1cc(Nc2ncc(N)cc2Cl)cc(C)c1Br. The lowest BCUT2D eigenvalue weighted by molar-refractivity contribution is 1.29. The van der Waals surface area contributed by atoms with Crippen LogP contribution in [0.25, 0.3) is 0 Å². The summed E-state index contributed by atoms with van der Waals surface area (Å²) in [5.74, 6) is 0.604. The summed E-state index contributed by atoms with van der Waals surface area (Å²) < 4.78 is 1.12. The van der Waals surface area contributed by atoms with Crippen molar-refractivity contribution in [2.45, 2.75) is 13.8 Å². The van der Waals surface area contributed by atoms with Crippen LogP contribution in [-0.4, -0.2) is 4.98 Å². The van der Waals surface area contributed by atoms with Gasteiger partial charge in [-0.25, -0.2) is 4.98 Å². The third kappa shape index (κ3) is 2.76. The van der Waals surface area contributed by atoms with Gasteiger partial charge in [-0.05, 0) is 43.2 Å². The molecule has 3 nitrogen and oxygen atoms in total. The molecular weight excluding hydrogens is 314 g/mol. The van der Waals surface area contributed by atoms with Gasteiger partial charge in [0.15, 0.2) is 0 Å². The van der Waals surface area contributed by atoms with Crippen LogP contribution in [0.1, 0.15) is 11.1 Å². The summed E-state index contributed by atoms with van der Waals surface area (Å²) in [4.78, 5) is 4.18. The van der Waals surface area contributed by atoms with Crippen molar-refractivity contribution in [3.8, 4) is 0 Å². The first-order chi connectivity index (χ1) is 8.47. The van der Waals surface area contributed by atoms with Crippen molar-refractivity contribution >= 4 is 44.7 Å². The zero-order valence-corrected chi connectivity index (χ0v) is 12.4. The van der Waals surface area contributed by atoms with Gasteiger partial charge in [0.1, 0.15) is 5.82 Å². The summed E-state index contributed by atoms with van der Waals surface area (Å²) in [6.07, 6.45) is 1.58. The Labute approximate surface area is 119 Å². The van der Waals surface area contributed by atoms with Crippen LogP contribution in [0.15, 0.2) is 28.9 Å². The molecule has 2 rings (SSSR count). The van der Waals surface area contributed by atoms with Crippen LogP contribution in [0, 0.1) is 13.8 Å². The molecule has 1 heterocycles. The lowest BCUT2D eigenvalue weighted by atomic mass is 10.1. The largest absolute Gasteiger partial charge is 0.397 e. The van der Waals surface area contributed by atoms with E-state index in [9.17, 15) is 0 Å². The molecule has 0 aliphatic heterocycles. The molecule has 0 aliphatic rings. The quantitative estimate of drug-likeness (QED) is 0.857. The van der Waals surface area contributed by atoms with Gasteiger partial charge in [0.2, 0.25) is 0 Å². The lowest BCUT2D eigenvalue weighted by Gasteiger charge is -2.11. The summed E-state index contributed by atoms with van der Waals surface area (Å²) in [7, 11) is 0. The van der Waals surface area contributed by atoms with E-state index in [2.05, 4.69) is 26.2 Å². The molecule has 3 N–H and O–H groups in total. The summed E-state index contributed by atoms with van der Waals surface area (Å²) in [5.41, 5.74) is 9.42. The molecule has 0 saturated heterocycles. The number of hydrogen-bond donors (Lipinski definition) is 2. The predicted octanol–water partition coefficient (Wildman–Crippen LogP) is 4.44. The van der Waals surface area contributed by atoms with Crippen molar-refractivity contribution in [1.29, 1.82) is 0 Å². The van der Waals surface area contributed by atoms with Gasteiger partial charge < -0.3 is 11.1 Å². The highest BCUT2D eigenvalue weighted by molar-refractivity contribution is 9.10. The maximum atomic E-state index is 6.08. The molecule has 94 valence electrons. The maximum absolute atomic E-state index is 6.08. The molecule has 5 heteroatoms. The van der Waals surface area contributed by atoms with Crippen molar-refractivity contribution < 1.29 is 0 Å². The first-order valence-electron chi connectivity index (χ1n) is 5.42. The highest BCUT2D eigenvalue weighted by Crippen LogP contribution is 2.29. The average molecular weight is 327 g/mol. The van der Waals surface area contributed by atoms with Gasteiger partial charge in [0.25, 0.3) is 0 Å². The van der Waals surface area contributed by atoms with Gasteiger partial charge >= 0.3 is 0 Å². The third-order valence-corrected chi connectivity index (χ3v) is 4.10. The number of hydrogen-bond acceptors (Lipinski definition) is 3. The van der Waals surface area contributed by atoms with E-state index < -0.39 is 0 Å². The van der Waals surface area contributed by atoms with Gasteiger partial charge in [-0.2, -0.15) is 0 Å². The van der Waals surface area contributed by atoms with Crippen molar-refractivity contribution in [3.05, 3.63) is 45.0 Å². The second-order valence-electron chi connectivity index (χ2n) is 4.15. The fraction of sp³-hybridized carbons (Fsp3) is 0.154. The molecule has 0 bridgehead atoms. The van der Waals surface area contributed by atoms with E-state index in [-0.39, 0.29) is 0 Å². The van der Waals surface area contributed by atoms with Crippen LogP contribution in [0.3, 0.4) is 0 Å². The van der Waals surface area contributed by atoms with Crippen LogP contribution < -0.4 is 11.1 Å². The molecule has 2 aromatic rings. The van der Waals surface area contributed by atoms with E-state index in [1.807, 2.05) is 26.0 Å². The number of halogens is 2. The summed E-state index contributed by atoms with van der Waals surface area (Å²) >= 11 is 9.61. The smallest absolute Gasteiger partial charge is 0.149 e. The van der Waals surface area contributed by atoms with Crippen LogP contribution in [0.5, 0.6) is 0 Å². The van der Waals surface area contributed by atoms with E-state index in [1.165, 1.54) is 0 Å². The van der Waals surface area contributed by atoms with Gasteiger partial charge in [0, 0.05) is 10.2 Å². The van der Waals surface area contributed by atoms with Crippen molar-refractivity contribution in [3.63, 3.8) is 0 Å². The number of aryl methyl sites for hydroxylation is 2. The summed E-state index contributed by atoms with van der Waals surface area (Å²) in [6.45, 7) is 4.08. The maximum Gasteiger partial charge on any atom is 0.149 e. The van der Waals surface area contributed by atoms with Crippen molar-refractivity contribution in [1.82, 2.24) is 4.98 Å². The van der Waals surface area contributed by atoms with E-state index >= 15 is 0 Å². The Bertz CT molecular complexity index is 576. The highest BCUT2D eigenvalue weighted by Gasteiger charge is 2.06. The van der Waals surface area contributed by atoms with E-state index in [0.29, 0.717) is 16.5 Å². The van der Waals surface area contributed by atoms with Crippen LogP contribution in [0.4, 0.5) is 17.2 Å². The normalized spacial score (nSPS) is 10.4. The number of aromatic nitrogens is 1. The zero-order chi connectivity index (χ0) is 13.3. The monoisotopic (exact) mass is 325 g/mol. The molecule has 1 aromatic carbocycles.